The van der Waals surface area contributed by atoms with Gasteiger partial charge in [0.05, 0.1) is 13.2 Å². The van der Waals surface area contributed by atoms with Crippen LogP contribution in [0.2, 0.25) is 0 Å². The SMILES string of the molecule is COc1ccccc1C(C)NC(=O)/C=C/c1cccc(F)c1. The van der Waals surface area contributed by atoms with Crippen molar-refractivity contribution in [3.63, 3.8) is 0 Å². The first-order chi connectivity index (χ1) is 10.6. The molecule has 0 aliphatic rings. The Hall–Kier alpha value is -2.62. The van der Waals surface area contributed by atoms with E-state index in [1.165, 1.54) is 18.2 Å². The summed E-state index contributed by atoms with van der Waals surface area (Å²) < 4.78 is 18.3. The first kappa shape index (κ1) is 15.8. The van der Waals surface area contributed by atoms with Crippen LogP contribution >= 0.6 is 0 Å². The summed E-state index contributed by atoms with van der Waals surface area (Å²) in [4.78, 5) is 12.0. The van der Waals surface area contributed by atoms with Crippen LogP contribution in [0.25, 0.3) is 6.08 Å². The van der Waals surface area contributed by atoms with Gasteiger partial charge in [-0.1, -0.05) is 30.3 Å². The maximum absolute atomic E-state index is 13.1. The molecule has 0 saturated carbocycles. The Morgan fingerprint density at radius 1 is 1.23 bits per heavy atom. The maximum Gasteiger partial charge on any atom is 0.244 e. The normalized spacial score (nSPS) is 12.1. The van der Waals surface area contributed by atoms with Crippen molar-refractivity contribution in [2.75, 3.05) is 7.11 Å². The summed E-state index contributed by atoms with van der Waals surface area (Å²) in [5.74, 6) is 0.150. The number of halogens is 1. The van der Waals surface area contributed by atoms with Crippen LogP contribution in [0.5, 0.6) is 5.75 Å². The van der Waals surface area contributed by atoms with Gasteiger partial charge in [-0.05, 0) is 36.8 Å². The van der Waals surface area contributed by atoms with Gasteiger partial charge in [0.25, 0.3) is 0 Å². The van der Waals surface area contributed by atoms with E-state index in [0.717, 1.165) is 11.3 Å². The molecule has 1 amide bonds. The van der Waals surface area contributed by atoms with Gasteiger partial charge in [-0.15, -0.1) is 0 Å². The summed E-state index contributed by atoms with van der Waals surface area (Å²) in [5, 5.41) is 2.86. The van der Waals surface area contributed by atoms with E-state index in [4.69, 9.17) is 4.74 Å². The van der Waals surface area contributed by atoms with E-state index < -0.39 is 0 Å². The highest BCUT2D eigenvalue weighted by molar-refractivity contribution is 5.92. The van der Waals surface area contributed by atoms with Crippen LogP contribution in [0.3, 0.4) is 0 Å². The molecule has 1 N–H and O–H groups in total. The average Bonchev–Trinajstić information content (AvgIpc) is 2.53. The summed E-state index contributed by atoms with van der Waals surface area (Å²) in [7, 11) is 1.59. The molecule has 4 heteroatoms. The van der Waals surface area contributed by atoms with Gasteiger partial charge in [0, 0.05) is 11.6 Å². The first-order valence-electron chi connectivity index (χ1n) is 6.97. The number of methoxy groups -OCH3 is 1. The number of carbonyl (C=O) groups is 1. The topological polar surface area (TPSA) is 38.3 Å². The molecule has 3 nitrogen and oxygen atoms in total. The van der Waals surface area contributed by atoms with Crippen LogP contribution in [-0.4, -0.2) is 13.0 Å². The Morgan fingerprint density at radius 3 is 2.73 bits per heavy atom. The Labute approximate surface area is 129 Å². The molecular weight excluding hydrogens is 281 g/mol. The lowest BCUT2D eigenvalue weighted by Gasteiger charge is -2.16. The average molecular weight is 299 g/mol. The van der Waals surface area contributed by atoms with Crippen LogP contribution in [0.15, 0.2) is 54.6 Å². The van der Waals surface area contributed by atoms with Crippen LogP contribution in [-0.2, 0) is 4.79 Å². The second-order valence-corrected chi connectivity index (χ2v) is 4.86. The highest BCUT2D eigenvalue weighted by Gasteiger charge is 2.11. The molecule has 0 aliphatic heterocycles. The van der Waals surface area contributed by atoms with E-state index in [1.807, 2.05) is 31.2 Å². The Morgan fingerprint density at radius 2 is 2.00 bits per heavy atom. The van der Waals surface area contributed by atoms with E-state index in [2.05, 4.69) is 5.32 Å². The molecule has 0 spiro atoms. The zero-order chi connectivity index (χ0) is 15.9. The van der Waals surface area contributed by atoms with E-state index in [1.54, 1.807) is 25.3 Å². The predicted octanol–water partition coefficient (Wildman–Crippen LogP) is 3.72. The van der Waals surface area contributed by atoms with E-state index in [-0.39, 0.29) is 17.8 Å². The lowest BCUT2D eigenvalue weighted by Crippen LogP contribution is -2.24. The van der Waals surface area contributed by atoms with Gasteiger partial charge < -0.3 is 10.1 Å². The number of ether oxygens (including phenoxy) is 1. The maximum atomic E-state index is 13.1. The lowest BCUT2D eigenvalue weighted by atomic mass is 10.1. The molecule has 2 rings (SSSR count). The third-order valence-electron chi connectivity index (χ3n) is 3.24. The van der Waals surface area contributed by atoms with Gasteiger partial charge >= 0.3 is 0 Å². The minimum Gasteiger partial charge on any atom is -0.496 e. The molecule has 114 valence electrons. The van der Waals surface area contributed by atoms with Gasteiger partial charge in [-0.25, -0.2) is 4.39 Å². The molecule has 1 atom stereocenters. The molecule has 0 aliphatic carbocycles. The highest BCUT2D eigenvalue weighted by atomic mass is 19.1. The van der Waals surface area contributed by atoms with Crippen LogP contribution in [0.1, 0.15) is 24.1 Å². The summed E-state index contributed by atoms with van der Waals surface area (Å²) in [6, 6.07) is 13.4. The fraction of sp³-hybridized carbons (Fsp3) is 0.167. The van der Waals surface area contributed by atoms with Crippen molar-refractivity contribution in [1.29, 1.82) is 0 Å². The van der Waals surface area contributed by atoms with Crippen molar-refractivity contribution in [1.82, 2.24) is 5.32 Å². The smallest absolute Gasteiger partial charge is 0.244 e. The van der Waals surface area contributed by atoms with Gasteiger partial charge in [-0.2, -0.15) is 0 Å². The number of para-hydroxylation sites is 1. The molecular formula is C18H18FNO2. The molecule has 2 aromatic rings. The standard InChI is InChI=1S/C18H18FNO2/c1-13(16-8-3-4-9-17(16)22-2)20-18(21)11-10-14-6-5-7-15(19)12-14/h3-13H,1-2H3,(H,20,21)/b11-10+. The molecule has 0 bridgehead atoms. The van der Waals surface area contributed by atoms with Gasteiger partial charge in [0.2, 0.25) is 5.91 Å². The predicted molar refractivity (Wildman–Crippen MR) is 85.0 cm³/mol. The molecule has 0 fully saturated rings. The number of hydrogen-bond acceptors (Lipinski definition) is 2. The number of carbonyl (C=O) groups excluding carboxylic acids is 1. The summed E-state index contributed by atoms with van der Waals surface area (Å²) in [6.45, 7) is 1.88. The largest absolute Gasteiger partial charge is 0.496 e. The number of rotatable bonds is 5. The van der Waals surface area contributed by atoms with E-state index in [0.29, 0.717) is 5.56 Å². The molecule has 2 aromatic carbocycles. The van der Waals surface area contributed by atoms with Gasteiger partial charge in [-0.3, -0.25) is 4.79 Å². The zero-order valence-electron chi connectivity index (χ0n) is 12.5. The van der Waals surface area contributed by atoms with Crippen molar-refractivity contribution in [3.05, 3.63) is 71.6 Å². The molecule has 1 unspecified atom stereocenters. The summed E-state index contributed by atoms with van der Waals surface area (Å²) in [6.07, 6.45) is 2.97. The molecule has 0 radical (unpaired) electrons. The Bertz CT molecular complexity index is 682. The second-order valence-electron chi connectivity index (χ2n) is 4.86. The quantitative estimate of drug-likeness (QED) is 0.854. The van der Waals surface area contributed by atoms with Crippen LogP contribution < -0.4 is 10.1 Å². The number of benzene rings is 2. The van der Waals surface area contributed by atoms with Crippen molar-refractivity contribution in [2.24, 2.45) is 0 Å². The number of amides is 1. The molecule has 0 heterocycles. The van der Waals surface area contributed by atoms with E-state index >= 15 is 0 Å². The minimum absolute atomic E-state index is 0.194. The molecule has 0 aromatic heterocycles. The van der Waals surface area contributed by atoms with Crippen molar-refractivity contribution >= 4 is 12.0 Å². The van der Waals surface area contributed by atoms with Crippen molar-refractivity contribution < 1.29 is 13.9 Å². The third-order valence-corrected chi connectivity index (χ3v) is 3.24. The lowest BCUT2D eigenvalue weighted by molar-refractivity contribution is -0.117. The first-order valence-corrected chi connectivity index (χ1v) is 6.97. The monoisotopic (exact) mass is 299 g/mol. The number of nitrogens with one attached hydrogen (secondary N) is 1. The van der Waals surface area contributed by atoms with Crippen molar-refractivity contribution in [3.8, 4) is 5.75 Å². The Kier molecular flexibility index (Phi) is 5.31. The minimum atomic E-state index is -0.329. The summed E-state index contributed by atoms with van der Waals surface area (Å²) >= 11 is 0. The van der Waals surface area contributed by atoms with E-state index in [9.17, 15) is 9.18 Å². The highest BCUT2D eigenvalue weighted by Crippen LogP contribution is 2.24. The van der Waals surface area contributed by atoms with Crippen LogP contribution in [0, 0.1) is 5.82 Å². The van der Waals surface area contributed by atoms with Crippen LogP contribution in [0.4, 0.5) is 4.39 Å². The van der Waals surface area contributed by atoms with Gasteiger partial charge in [0.1, 0.15) is 11.6 Å². The molecule has 0 saturated heterocycles. The second kappa shape index (κ2) is 7.41. The number of hydrogen-bond donors (Lipinski definition) is 1. The molecule has 22 heavy (non-hydrogen) atoms. The third kappa shape index (κ3) is 4.19. The van der Waals surface area contributed by atoms with Crippen molar-refractivity contribution in [2.45, 2.75) is 13.0 Å². The Balaban J connectivity index is 2.02. The fourth-order valence-corrected chi connectivity index (χ4v) is 2.15. The van der Waals surface area contributed by atoms with Gasteiger partial charge in [0.15, 0.2) is 0 Å². The summed E-state index contributed by atoms with van der Waals surface area (Å²) in [5.41, 5.74) is 1.54. The fourth-order valence-electron chi connectivity index (χ4n) is 2.15. The zero-order valence-corrected chi connectivity index (χ0v) is 12.5.